The fraction of sp³-hybridized carbons (Fsp3) is 0.455. The highest BCUT2D eigenvalue weighted by atomic mass is 79.9. The molecule has 2 aromatic carbocycles. The Kier molecular flexibility index (Phi) is 8.62. The molecule has 0 saturated carbocycles. The van der Waals surface area contributed by atoms with Crippen LogP contribution in [0.25, 0.3) is 0 Å². The van der Waals surface area contributed by atoms with E-state index < -0.39 is 6.10 Å². The second kappa shape index (κ2) is 10.5. The first-order valence-electron chi connectivity index (χ1n) is 9.29. The van der Waals surface area contributed by atoms with Gasteiger partial charge in [0.2, 0.25) is 0 Å². The number of benzene rings is 2. The van der Waals surface area contributed by atoms with Crippen molar-refractivity contribution in [3.8, 4) is 11.5 Å². The third kappa shape index (κ3) is 6.11. The predicted molar refractivity (Wildman–Crippen MR) is 117 cm³/mol. The van der Waals surface area contributed by atoms with E-state index in [9.17, 15) is 5.11 Å². The van der Waals surface area contributed by atoms with Gasteiger partial charge < -0.3 is 19.7 Å². The molecule has 2 atom stereocenters. The van der Waals surface area contributed by atoms with Gasteiger partial charge >= 0.3 is 0 Å². The molecule has 0 unspecified atom stereocenters. The van der Waals surface area contributed by atoms with Crippen LogP contribution in [0.2, 0.25) is 0 Å². The van der Waals surface area contributed by atoms with Gasteiger partial charge in [0, 0.05) is 17.2 Å². The summed E-state index contributed by atoms with van der Waals surface area (Å²) in [6, 6.07) is 13.9. The zero-order valence-electron chi connectivity index (χ0n) is 16.5. The van der Waals surface area contributed by atoms with Crippen LogP contribution >= 0.6 is 27.5 Å². The van der Waals surface area contributed by atoms with E-state index in [1.54, 1.807) is 0 Å². The lowest BCUT2D eigenvalue weighted by Crippen LogP contribution is -2.21. The average Bonchev–Trinajstić information content (AvgIpc) is 2.70. The van der Waals surface area contributed by atoms with Gasteiger partial charge in [0.1, 0.15) is 24.2 Å². The molecule has 4 nitrogen and oxygen atoms in total. The quantitative estimate of drug-likeness (QED) is 0.491. The van der Waals surface area contributed by atoms with Crippen LogP contribution in [0.4, 0.5) is 0 Å². The summed E-state index contributed by atoms with van der Waals surface area (Å²) in [6.07, 6.45) is -0.873. The summed E-state index contributed by atoms with van der Waals surface area (Å²) in [7, 11) is 0. The summed E-state index contributed by atoms with van der Waals surface area (Å²) >= 11 is 9.45. The molecule has 2 aromatic rings. The zero-order valence-corrected chi connectivity index (χ0v) is 18.8. The maximum Gasteiger partial charge on any atom is 0.133 e. The summed E-state index contributed by atoms with van der Waals surface area (Å²) in [5, 5.41) is 18.2. The van der Waals surface area contributed by atoms with E-state index >= 15 is 0 Å². The Bertz CT molecular complexity index is 749. The van der Waals surface area contributed by atoms with Gasteiger partial charge in [-0.2, -0.15) is 0 Å². The Morgan fingerprint density at radius 3 is 2.25 bits per heavy atom. The van der Waals surface area contributed by atoms with Crippen LogP contribution in [0.5, 0.6) is 11.5 Å². The van der Waals surface area contributed by atoms with E-state index in [0.717, 1.165) is 21.3 Å². The molecule has 0 heterocycles. The van der Waals surface area contributed by atoms with Crippen LogP contribution in [-0.4, -0.2) is 42.0 Å². The summed E-state index contributed by atoms with van der Waals surface area (Å²) < 4.78 is 12.2. The van der Waals surface area contributed by atoms with E-state index in [1.165, 1.54) is 0 Å². The number of hydrogen-bond donors (Lipinski definition) is 2. The zero-order chi connectivity index (χ0) is 20.7. The van der Waals surface area contributed by atoms with Gasteiger partial charge in [-0.05, 0) is 51.3 Å². The number of halogens is 2. The molecule has 28 heavy (non-hydrogen) atoms. The Morgan fingerprint density at radius 2 is 1.68 bits per heavy atom. The van der Waals surface area contributed by atoms with Crippen molar-refractivity contribution < 1.29 is 19.7 Å². The molecule has 0 fully saturated rings. The maximum atomic E-state index is 9.39. The fourth-order valence-corrected chi connectivity index (χ4v) is 3.25. The van der Waals surface area contributed by atoms with Crippen LogP contribution in [0.15, 0.2) is 46.9 Å². The summed E-state index contributed by atoms with van der Waals surface area (Å²) in [5.74, 6) is 2.33. The van der Waals surface area contributed by atoms with Crippen LogP contribution in [-0.2, 0) is 5.41 Å². The van der Waals surface area contributed by atoms with Gasteiger partial charge in [-0.15, -0.1) is 11.6 Å². The van der Waals surface area contributed by atoms with E-state index in [1.807, 2.05) is 30.3 Å². The molecule has 2 rings (SSSR count). The van der Waals surface area contributed by atoms with Crippen molar-refractivity contribution in [2.24, 2.45) is 5.92 Å². The average molecular weight is 472 g/mol. The number of aliphatic hydroxyl groups excluding tert-OH is 2. The fourth-order valence-electron chi connectivity index (χ4n) is 2.66. The highest BCUT2D eigenvalue weighted by molar-refractivity contribution is 9.10. The number of hydrogen-bond acceptors (Lipinski definition) is 4. The normalized spacial score (nSPS) is 13.8. The SMILES string of the molecule is C[C@H](CCl)COc1ccc(C(C)(C)c2ccc(OC[C@@H](O)CO)cc2)cc1Br. The number of rotatable bonds is 10. The van der Waals surface area contributed by atoms with Crippen molar-refractivity contribution in [2.45, 2.75) is 32.3 Å². The van der Waals surface area contributed by atoms with E-state index in [-0.39, 0.29) is 18.6 Å². The third-order valence-electron chi connectivity index (χ3n) is 4.67. The molecule has 0 saturated heterocycles. The molecule has 0 bridgehead atoms. The van der Waals surface area contributed by atoms with Crippen molar-refractivity contribution in [3.05, 3.63) is 58.1 Å². The summed E-state index contributed by atoms with van der Waals surface area (Å²) in [4.78, 5) is 0. The lowest BCUT2D eigenvalue weighted by molar-refractivity contribution is 0.0536. The second-order valence-corrected chi connectivity index (χ2v) is 8.68. The molecule has 0 spiro atoms. The highest BCUT2D eigenvalue weighted by Crippen LogP contribution is 2.36. The molecular weight excluding hydrogens is 444 g/mol. The molecule has 6 heteroatoms. The van der Waals surface area contributed by atoms with Gasteiger partial charge in [-0.25, -0.2) is 0 Å². The molecule has 0 radical (unpaired) electrons. The molecule has 0 aliphatic heterocycles. The first-order chi connectivity index (χ1) is 13.3. The molecule has 0 aromatic heterocycles. The van der Waals surface area contributed by atoms with Crippen molar-refractivity contribution in [1.82, 2.24) is 0 Å². The summed E-state index contributed by atoms with van der Waals surface area (Å²) in [5.41, 5.74) is 2.08. The minimum absolute atomic E-state index is 0.0655. The lowest BCUT2D eigenvalue weighted by Gasteiger charge is -2.27. The van der Waals surface area contributed by atoms with Crippen LogP contribution < -0.4 is 9.47 Å². The Morgan fingerprint density at radius 1 is 1.04 bits per heavy atom. The van der Waals surface area contributed by atoms with Crippen molar-refractivity contribution in [3.63, 3.8) is 0 Å². The van der Waals surface area contributed by atoms with E-state index in [0.29, 0.717) is 24.2 Å². The molecule has 154 valence electrons. The summed E-state index contributed by atoms with van der Waals surface area (Å²) in [6.45, 7) is 6.71. The number of ether oxygens (including phenoxy) is 2. The van der Waals surface area contributed by atoms with Crippen LogP contribution in [0.3, 0.4) is 0 Å². The van der Waals surface area contributed by atoms with Crippen molar-refractivity contribution in [1.29, 1.82) is 0 Å². The van der Waals surface area contributed by atoms with Gasteiger partial charge in [-0.1, -0.05) is 39.0 Å². The topological polar surface area (TPSA) is 58.9 Å². The molecule has 0 aliphatic rings. The first kappa shape index (κ1) is 23.0. The minimum atomic E-state index is -0.873. The molecular formula is C22H28BrClO4. The van der Waals surface area contributed by atoms with Gasteiger partial charge in [-0.3, -0.25) is 0 Å². The Balaban J connectivity index is 2.11. The highest BCUT2D eigenvalue weighted by Gasteiger charge is 2.24. The standard InChI is InChI=1S/C22H28BrClO4/c1-15(11-24)13-28-21-9-6-17(10-20(21)23)22(2,3)16-4-7-19(8-5-16)27-14-18(26)12-25/h4-10,15,18,25-26H,11-14H2,1-3H3/t15-,18+/m1/s1. The van der Waals surface area contributed by atoms with Crippen molar-refractivity contribution >= 4 is 27.5 Å². The number of aliphatic hydroxyl groups is 2. The number of alkyl halides is 1. The minimum Gasteiger partial charge on any atom is -0.492 e. The first-order valence-corrected chi connectivity index (χ1v) is 10.6. The van der Waals surface area contributed by atoms with E-state index in [2.05, 4.69) is 48.8 Å². The Hall–Kier alpha value is -1.27. The maximum absolute atomic E-state index is 9.39. The van der Waals surface area contributed by atoms with Crippen LogP contribution in [0, 0.1) is 5.92 Å². The lowest BCUT2D eigenvalue weighted by atomic mass is 9.78. The van der Waals surface area contributed by atoms with Gasteiger partial charge in [0.05, 0.1) is 17.7 Å². The molecule has 0 aliphatic carbocycles. The van der Waals surface area contributed by atoms with Gasteiger partial charge in [0.15, 0.2) is 0 Å². The predicted octanol–water partition coefficient (Wildman–Crippen LogP) is 4.76. The molecule has 0 amide bonds. The smallest absolute Gasteiger partial charge is 0.133 e. The Labute approximate surface area is 180 Å². The third-order valence-corrected chi connectivity index (χ3v) is 5.82. The van der Waals surface area contributed by atoms with Crippen LogP contribution in [0.1, 0.15) is 31.9 Å². The molecule has 2 N–H and O–H groups in total. The van der Waals surface area contributed by atoms with Crippen molar-refractivity contribution in [2.75, 3.05) is 25.7 Å². The van der Waals surface area contributed by atoms with Gasteiger partial charge in [0.25, 0.3) is 0 Å². The second-order valence-electron chi connectivity index (χ2n) is 7.51. The van der Waals surface area contributed by atoms with E-state index in [4.69, 9.17) is 26.2 Å². The monoisotopic (exact) mass is 470 g/mol. The largest absolute Gasteiger partial charge is 0.492 e.